The monoisotopic (exact) mass is 198 g/mol. The number of ether oxygens (including phenoxy) is 2. The van der Waals surface area contributed by atoms with Crippen LogP contribution in [-0.4, -0.2) is 25.3 Å². The Labute approximate surface area is 84.8 Å². The number of carbonyl (C=O) groups is 1. The van der Waals surface area contributed by atoms with Crippen molar-refractivity contribution in [2.45, 2.75) is 39.4 Å². The van der Waals surface area contributed by atoms with Crippen molar-refractivity contribution in [2.24, 2.45) is 11.3 Å². The Balaban J connectivity index is 1.92. The normalized spacial score (nSPS) is 33.6. The molecule has 3 heteroatoms. The van der Waals surface area contributed by atoms with E-state index in [2.05, 4.69) is 13.8 Å². The quantitative estimate of drug-likeness (QED) is 0.644. The average Bonchev–Trinajstić information content (AvgIpc) is 2.52. The van der Waals surface area contributed by atoms with Gasteiger partial charge >= 0.3 is 0 Å². The second kappa shape index (κ2) is 3.63. The zero-order valence-corrected chi connectivity index (χ0v) is 8.91. The summed E-state index contributed by atoms with van der Waals surface area (Å²) in [5.74, 6) is 0.320. The minimum absolute atomic E-state index is 0.00565. The molecule has 2 rings (SSSR count). The smallest absolute Gasteiger partial charge is 0.167 e. The Morgan fingerprint density at radius 1 is 1.29 bits per heavy atom. The third-order valence-electron chi connectivity index (χ3n) is 2.96. The molecule has 2 fully saturated rings. The van der Waals surface area contributed by atoms with Crippen molar-refractivity contribution in [1.82, 2.24) is 0 Å². The van der Waals surface area contributed by atoms with Gasteiger partial charge in [-0.3, -0.25) is 4.79 Å². The topological polar surface area (TPSA) is 35.5 Å². The van der Waals surface area contributed by atoms with Gasteiger partial charge in [-0.2, -0.15) is 0 Å². The molecule has 1 atom stereocenters. The maximum atomic E-state index is 11.5. The van der Waals surface area contributed by atoms with E-state index >= 15 is 0 Å². The lowest BCUT2D eigenvalue weighted by Gasteiger charge is -2.36. The van der Waals surface area contributed by atoms with Crippen LogP contribution in [0.15, 0.2) is 0 Å². The van der Waals surface area contributed by atoms with E-state index in [9.17, 15) is 4.79 Å². The highest BCUT2D eigenvalue weighted by Gasteiger charge is 2.38. The molecule has 0 aromatic carbocycles. The Morgan fingerprint density at radius 3 is 2.43 bits per heavy atom. The van der Waals surface area contributed by atoms with Crippen LogP contribution in [0, 0.1) is 11.3 Å². The van der Waals surface area contributed by atoms with E-state index in [0.717, 1.165) is 12.8 Å². The lowest BCUT2D eigenvalue weighted by atomic mass is 9.94. The van der Waals surface area contributed by atoms with E-state index in [1.54, 1.807) is 0 Å². The van der Waals surface area contributed by atoms with Crippen molar-refractivity contribution in [2.75, 3.05) is 13.2 Å². The van der Waals surface area contributed by atoms with E-state index in [-0.39, 0.29) is 17.6 Å². The zero-order chi connectivity index (χ0) is 10.2. The molecule has 3 nitrogen and oxygen atoms in total. The number of hydrogen-bond donors (Lipinski definition) is 0. The maximum absolute atomic E-state index is 11.5. The van der Waals surface area contributed by atoms with Crippen molar-refractivity contribution in [3.05, 3.63) is 0 Å². The van der Waals surface area contributed by atoms with Crippen molar-refractivity contribution >= 4 is 5.78 Å². The number of Topliss-reactive ketones (excluding diaryl/α,β-unsaturated/α-hetero) is 1. The molecule has 0 bridgehead atoms. The van der Waals surface area contributed by atoms with E-state index in [1.807, 2.05) is 0 Å². The molecule has 0 spiro atoms. The molecule has 1 heterocycles. The molecule has 14 heavy (non-hydrogen) atoms. The molecule has 0 aromatic rings. The van der Waals surface area contributed by atoms with Crippen LogP contribution in [0.1, 0.15) is 33.1 Å². The summed E-state index contributed by atoms with van der Waals surface area (Å²) in [5, 5.41) is 0. The van der Waals surface area contributed by atoms with Gasteiger partial charge in [0.1, 0.15) is 5.78 Å². The summed E-state index contributed by atoms with van der Waals surface area (Å²) < 4.78 is 11.2. The van der Waals surface area contributed by atoms with Gasteiger partial charge in [-0.05, 0) is 12.8 Å². The summed E-state index contributed by atoms with van der Waals surface area (Å²) in [6, 6.07) is 0. The molecule has 1 aliphatic carbocycles. The highest BCUT2D eigenvalue weighted by atomic mass is 16.7. The van der Waals surface area contributed by atoms with Gasteiger partial charge in [0.2, 0.25) is 0 Å². The fourth-order valence-electron chi connectivity index (χ4n) is 2.07. The first-order valence-corrected chi connectivity index (χ1v) is 5.34. The Bertz CT molecular complexity index is 225. The predicted molar refractivity (Wildman–Crippen MR) is 51.8 cm³/mol. The number of carbonyl (C=O) groups excluding carboxylic acids is 1. The van der Waals surface area contributed by atoms with Crippen LogP contribution >= 0.6 is 0 Å². The molecular weight excluding hydrogens is 180 g/mol. The summed E-state index contributed by atoms with van der Waals surface area (Å²) in [7, 11) is 0. The Kier molecular flexibility index (Phi) is 2.62. The first-order valence-electron chi connectivity index (χ1n) is 5.34. The summed E-state index contributed by atoms with van der Waals surface area (Å²) in [6.45, 7) is 5.61. The molecular formula is C11H18O3. The van der Waals surface area contributed by atoms with Crippen LogP contribution in [-0.2, 0) is 14.3 Å². The van der Waals surface area contributed by atoms with Crippen LogP contribution < -0.4 is 0 Å². The first kappa shape index (κ1) is 10.1. The van der Waals surface area contributed by atoms with Crippen molar-refractivity contribution in [3.8, 4) is 0 Å². The standard InChI is InChI=1S/C11H18O3/c1-11(2)6-13-10(14-7-11)8-4-3-5-9(8)12/h8,10H,3-7H2,1-2H3. The van der Waals surface area contributed by atoms with Crippen molar-refractivity contribution in [1.29, 1.82) is 0 Å². The van der Waals surface area contributed by atoms with Gasteiger partial charge in [-0.15, -0.1) is 0 Å². The van der Waals surface area contributed by atoms with Crippen LogP contribution in [0.2, 0.25) is 0 Å². The highest BCUT2D eigenvalue weighted by molar-refractivity contribution is 5.83. The Hall–Kier alpha value is -0.410. The predicted octanol–water partition coefficient (Wildman–Crippen LogP) is 1.75. The number of ketones is 1. The minimum Gasteiger partial charge on any atom is -0.351 e. The fourth-order valence-corrected chi connectivity index (χ4v) is 2.07. The third kappa shape index (κ3) is 1.98. The first-order chi connectivity index (χ1) is 6.58. The minimum atomic E-state index is -0.266. The van der Waals surface area contributed by atoms with Gasteiger partial charge in [0.25, 0.3) is 0 Å². The lowest BCUT2D eigenvalue weighted by Crippen LogP contribution is -2.42. The second-order valence-electron chi connectivity index (χ2n) is 5.12. The van der Waals surface area contributed by atoms with Crippen molar-refractivity contribution < 1.29 is 14.3 Å². The summed E-state index contributed by atoms with van der Waals surface area (Å²) >= 11 is 0. The van der Waals surface area contributed by atoms with Gasteiger partial charge < -0.3 is 9.47 Å². The molecule has 0 radical (unpaired) electrons. The van der Waals surface area contributed by atoms with E-state index < -0.39 is 0 Å². The van der Waals surface area contributed by atoms with E-state index in [1.165, 1.54) is 0 Å². The van der Waals surface area contributed by atoms with E-state index in [4.69, 9.17) is 9.47 Å². The van der Waals surface area contributed by atoms with Gasteiger partial charge in [0, 0.05) is 11.8 Å². The average molecular weight is 198 g/mol. The van der Waals surface area contributed by atoms with Crippen LogP contribution in [0.5, 0.6) is 0 Å². The molecule has 2 aliphatic rings. The van der Waals surface area contributed by atoms with Crippen LogP contribution in [0.25, 0.3) is 0 Å². The summed E-state index contributed by atoms with van der Waals surface area (Å²) in [6.07, 6.45) is 2.37. The third-order valence-corrected chi connectivity index (χ3v) is 2.96. The summed E-state index contributed by atoms with van der Waals surface area (Å²) in [4.78, 5) is 11.5. The summed E-state index contributed by atoms with van der Waals surface area (Å²) in [5.41, 5.74) is 0.0954. The zero-order valence-electron chi connectivity index (χ0n) is 8.91. The van der Waals surface area contributed by atoms with Gasteiger partial charge in [0.05, 0.1) is 19.1 Å². The van der Waals surface area contributed by atoms with Crippen molar-refractivity contribution in [3.63, 3.8) is 0 Å². The number of rotatable bonds is 1. The largest absolute Gasteiger partial charge is 0.351 e. The molecule has 80 valence electrons. The molecule has 1 saturated carbocycles. The fraction of sp³-hybridized carbons (Fsp3) is 0.909. The molecule has 1 aliphatic heterocycles. The van der Waals surface area contributed by atoms with Gasteiger partial charge in [0.15, 0.2) is 6.29 Å². The lowest BCUT2D eigenvalue weighted by molar-refractivity contribution is -0.239. The molecule has 0 N–H and O–H groups in total. The molecule has 0 amide bonds. The molecule has 0 aromatic heterocycles. The number of hydrogen-bond acceptors (Lipinski definition) is 3. The van der Waals surface area contributed by atoms with Gasteiger partial charge in [-0.25, -0.2) is 0 Å². The second-order valence-corrected chi connectivity index (χ2v) is 5.12. The van der Waals surface area contributed by atoms with Crippen LogP contribution in [0.3, 0.4) is 0 Å². The van der Waals surface area contributed by atoms with E-state index in [0.29, 0.717) is 25.4 Å². The maximum Gasteiger partial charge on any atom is 0.167 e. The van der Waals surface area contributed by atoms with Gasteiger partial charge in [-0.1, -0.05) is 13.8 Å². The SMILES string of the molecule is CC1(C)COC(C2CCCC2=O)OC1. The van der Waals surface area contributed by atoms with Crippen LogP contribution in [0.4, 0.5) is 0 Å². The highest BCUT2D eigenvalue weighted by Crippen LogP contribution is 2.32. The molecule has 1 saturated heterocycles. The molecule has 1 unspecified atom stereocenters. The Morgan fingerprint density at radius 2 is 1.93 bits per heavy atom.